The van der Waals surface area contributed by atoms with Crippen LogP contribution in [-0.4, -0.2) is 9.55 Å². The van der Waals surface area contributed by atoms with Crippen LogP contribution in [-0.2, 0) is 13.6 Å². The Morgan fingerprint density at radius 2 is 2.00 bits per heavy atom. The molecule has 3 aromatic rings. The number of aryl methyl sites for hydroxylation is 2. The van der Waals surface area contributed by atoms with E-state index >= 15 is 0 Å². The van der Waals surface area contributed by atoms with E-state index in [2.05, 4.69) is 4.98 Å². The summed E-state index contributed by atoms with van der Waals surface area (Å²) in [7, 11) is 1.94. The van der Waals surface area contributed by atoms with Crippen molar-refractivity contribution in [2.75, 3.05) is 0 Å². The summed E-state index contributed by atoms with van der Waals surface area (Å²) in [4.78, 5) is 4.62. The third-order valence-electron chi connectivity index (χ3n) is 3.62. The molecule has 1 heterocycles. The molecule has 0 bridgehead atoms. The molecular formula is C16H16FN3. The van der Waals surface area contributed by atoms with Gasteiger partial charge in [0.1, 0.15) is 11.6 Å². The minimum absolute atomic E-state index is 0.250. The first-order valence-electron chi connectivity index (χ1n) is 6.52. The lowest BCUT2D eigenvalue weighted by Crippen LogP contribution is -1.97. The number of nitrogens with two attached hydrogens (primary N) is 1. The number of rotatable bonds is 2. The average molecular weight is 269 g/mol. The molecule has 2 N–H and O–H groups in total. The van der Waals surface area contributed by atoms with Crippen molar-refractivity contribution >= 4 is 11.0 Å². The molecule has 2 aromatic carbocycles. The normalized spacial score (nSPS) is 11.2. The zero-order valence-corrected chi connectivity index (χ0v) is 11.5. The van der Waals surface area contributed by atoms with Crippen molar-refractivity contribution in [1.29, 1.82) is 0 Å². The van der Waals surface area contributed by atoms with Crippen LogP contribution in [0.1, 0.15) is 11.1 Å². The first-order chi connectivity index (χ1) is 9.60. The van der Waals surface area contributed by atoms with Gasteiger partial charge in [0.15, 0.2) is 0 Å². The number of aromatic nitrogens is 2. The number of hydrogen-bond donors (Lipinski definition) is 1. The van der Waals surface area contributed by atoms with E-state index in [0.717, 1.165) is 33.5 Å². The van der Waals surface area contributed by atoms with Crippen LogP contribution in [0, 0.1) is 12.7 Å². The van der Waals surface area contributed by atoms with Crippen molar-refractivity contribution in [3.8, 4) is 11.4 Å². The second-order valence-electron chi connectivity index (χ2n) is 4.98. The third-order valence-corrected chi connectivity index (χ3v) is 3.62. The minimum Gasteiger partial charge on any atom is -0.327 e. The quantitative estimate of drug-likeness (QED) is 0.776. The van der Waals surface area contributed by atoms with E-state index in [1.165, 1.54) is 12.1 Å². The highest BCUT2D eigenvalue weighted by molar-refractivity contribution is 5.81. The fourth-order valence-electron chi connectivity index (χ4n) is 2.44. The summed E-state index contributed by atoms with van der Waals surface area (Å²) >= 11 is 0. The van der Waals surface area contributed by atoms with Crippen LogP contribution in [0.15, 0.2) is 36.4 Å². The SMILES string of the molecule is Cc1ccc(F)cc1-c1nc2ccc(CN)cc2n1C. The molecule has 0 spiro atoms. The number of nitrogens with zero attached hydrogens (tertiary/aromatic N) is 2. The summed E-state index contributed by atoms with van der Waals surface area (Å²) in [5, 5.41) is 0. The van der Waals surface area contributed by atoms with Crippen LogP contribution in [0.4, 0.5) is 4.39 Å². The van der Waals surface area contributed by atoms with E-state index in [1.54, 1.807) is 6.07 Å². The first-order valence-corrected chi connectivity index (χ1v) is 6.52. The molecule has 0 fully saturated rings. The van der Waals surface area contributed by atoms with E-state index in [1.807, 2.05) is 36.7 Å². The number of halogens is 1. The molecule has 102 valence electrons. The highest BCUT2D eigenvalue weighted by Crippen LogP contribution is 2.27. The van der Waals surface area contributed by atoms with Crippen molar-refractivity contribution < 1.29 is 4.39 Å². The number of fused-ring (bicyclic) bond motifs is 1. The summed E-state index contributed by atoms with van der Waals surface area (Å²) in [6, 6.07) is 10.7. The van der Waals surface area contributed by atoms with Gasteiger partial charge in [-0.1, -0.05) is 12.1 Å². The van der Waals surface area contributed by atoms with Gasteiger partial charge in [-0.25, -0.2) is 9.37 Å². The molecule has 3 nitrogen and oxygen atoms in total. The van der Waals surface area contributed by atoms with Crippen LogP contribution in [0.5, 0.6) is 0 Å². The van der Waals surface area contributed by atoms with Gasteiger partial charge in [0, 0.05) is 19.2 Å². The van der Waals surface area contributed by atoms with Gasteiger partial charge in [-0.3, -0.25) is 0 Å². The Labute approximate surface area is 116 Å². The van der Waals surface area contributed by atoms with Crippen LogP contribution in [0.3, 0.4) is 0 Å². The van der Waals surface area contributed by atoms with Crippen molar-refractivity contribution in [2.45, 2.75) is 13.5 Å². The highest BCUT2D eigenvalue weighted by atomic mass is 19.1. The molecule has 0 saturated carbocycles. The molecule has 20 heavy (non-hydrogen) atoms. The highest BCUT2D eigenvalue weighted by Gasteiger charge is 2.12. The molecule has 0 aliphatic carbocycles. The molecule has 0 unspecified atom stereocenters. The Bertz CT molecular complexity index is 790. The van der Waals surface area contributed by atoms with Crippen molar-refractivity contribution in [3.05, 3.63) is 53.3 Å². The second kappa shape index (κ2) is 4.72. The number of imidazole rings is 1. The van der Waals surface area contributed by atoms with Gasteiger partial charge < -0.3 is 10.3 Å². The van der Waals surface area contributed by atoms with Crippen molar-refractivity contribution in [1.82, 2.24) is 9.55 Å². The van der Waals surface area contributed by atoms with Gasteiger partial charge in [0.05, 0.1) is 11.0 Å². The van der Waals surface area contributed by atoms with E-state index < -0.39 is 0 Å². The summed E-state index contributed by atoms with van der Waals surface area (Å²) in [6.45, 7) is 2.45. The maximum Gasteiger partial charge on any atom is 0.141 e. The van der Waals surface area contributed by atoms with E-state index in [0.29, 0.717) is 6.54 Å². The maximum atomic E-state index is 13.5. The van der Waals surface area contributed by atoms with E-state index in [-0.39, 0.29) is 5.82 Å². The van der Waals surface area contributed by atoms with Gasteiger partial charge in [0.2, 0.25) is 0 Å². The Hall–Kier alpha value is -2.20. The summed E-state index contributed by atoms with van der Waals surface area (Å²) in [5.41, 5.74) is 10.5. The van der Waals surface area contributed by atoms with Crippen LogP contribution in [0.2, 0.25) is 0 Å². The molecule has 4 heteroatoms. The number of hydrogen-bond acceptors (Lipinski definition) is 2. The zero-order chi connectivity index (χ0) is 14.3. The summed E-state index contributed by atoms with van der Waals surface area (Å²) < 4.78 is 15.5. The van der Waals surface area contributed by atoms with Crippen molar-refractivity contribution in [3.63, 3.8) is 0 Å². The minimum atomic E-state index is -0.250. The fourth-order valence-corrected chi connectivity index (χ4v) is 2.44. The summed E-state index contributed by atoms with van der Waals surface area (Å²) in [6.07, 6.45) is 0. The monoisotopic (exact) mass is 269 g/mol. The Balaban J connectivity index is 2.26. The predicted octanol–water partition coefficient (Wildman–Crippen LogP) is 3.15. The van der Waals surface area contributed by atoms with Crippen molar-refractivity contribution in [2.24, 2.45) is 12.8 Å². The molecule has 0 atom stereocenters. The Kier molecular flexibility index (Phi) is 3.03. The lowest BCUT2D eigenvalue weighted by Gasteiger charge is -2.06. The molecule has 1 aromatic heterocycles. The topological polar surface area (TPSA) is 43.8 Å². The Morgan fingerprint density at radius 1 is 1.20 bits per heavy atom. The number of benzene rings is 2. The molecule has 0 amide bonds. The largest absolute Gasteiger partial charge is 0.327 e. The van der Waals surface area contributed by atoms with Gasteiger partial charge in [0.25, 0.3) is 0 Å². The van der Waals surface area contributed by atoms with Crippen LogP contribution in [0.25, 0.3) is 22.4 Å². The smallest absolute Gasteiger partial charge is 0.141 e. The lowest BCUT2D eigenvalue weighted by atomic mass is 10.1. The molecule has 0 saturated heterocycles. The molecule has 0 aliphatic rings. The molecule has 3 rings (SSSR count). The Morgan fingerprint density at radius 3 is 2.75 bits per heavy atom. The molecular weight excluding hydrogens is 253 g/mol. The molecule has 0 radical (unpaired) electrons. The van der Waals surface area contributed by atoms with E-state index in [4.69, 9.17) is 5.73 Å². The summed E-state index contributed by atoms with van der Waals surface area (Å²) in [5.74, 6) is 0.520. The second-order valence-corrected chi connectivity index (χ2v) is 4.98. The van der Waals surface area contributed by atoms with Crippen LogP contribution >= 0.6 is 0 Å². The predicted molar refractivity (Wildman–Crippen MR) is 78.7 cm³/mol. The van der Waals surface area contributed by atoms with Gasteiger partial charge >= 0.3 is 0 Å². The first kappa shape index (κ1) is 12.8. The van der Waals surface area contributed by atoms with E-state index in [9.17, 15) is 4.39 Å². The fraction of sp³-hybridized carbons (Fsp3) is 0.188. The average Bonchev–Trinajstić information content (AvgIpc) is 2.78. The maximum absolute atomic E-state index is 13.5. The lowest BCUT2D eigenvalue weighted by molar-refractivity contribution is 0.627. The zero-order valence-electron chi connectivity index (χ0n) is 11.5. The van der Waals surface area contributed by atoms with Gasteiger partial charge in [-0.15, -0.1) is 0 Å². The molecule has 0 aliphatic heterocycles. The standard InChI is InChI=1S/C16H16FN3/c1-10-3-5-12(17)8-13(10)16-19-14-6-4-11(9-18)7-15(14)20(16)2/h3-8H,9,18H2,1-2H3. The van der Waals surface area contributed by atoms with Crippen LogP contribution < -0.4 is 5.73 Å². The van der Waals surface area contributed by atoms with Gasteiger partial charge in [-0.2, -0.15) is 0 Å². The van der Waals surface area contributed by atoms with Gasteiger partial charge in [-0.05, 0) is 42.3 Å². The third kappa shape index (κ3) is 1.98.